The van der Waals surface area contributed by atoms with Crippen LogP contribution in [0.2, 0.25) is 0 Å². The van der Waals surface area contributed by atoms with E-state index in [0.29, 0.717) is 19.3 Å². The maximum atomic E-state index is 11.6. The van der Waals surface area contributed by atoms with Crippen LogP contribution in [0.5, 0.6) is 0 Å². The van der Waals surface area contributed by atoms with Crippen molar-refractivity contribution in [2.45, 2.75) is 95.8 Å². The van der Waals surface area contributed by atoms with Crippen LogP contribution < -0.4 is 0 Å². The molecule has 0 aromatic carbocycles. The minimum Gasteiger partial charge on any atom is -0.460 e. The fourth-order valence-electron chi connectivity index (χ4n) is 2.57. The minimum atomic E-state index is -1.45. The molecular formula is C17H32O8. The number of carbonyl (C=O) groups excluding carboxylic acids is 1. The van der Waals surface area contributed by atoms with Gasteiger partial charge in [-0.15, -0.1) is 0 Å². The number of hydrogen-bond acceptors (Lipinski definition) is 8. The van der Waals surface area contributed by atoms with Gasteiger partial charge >= 0.3 is 5.97 Å². The Morgan fingerprint density at radius 2 is 1.76 bits per heavy atom. The summed E-state index contributed by atoms with van der Waals surface area (Å²) in [6, 6.07) is 0. The molecule has 1 saturated heterocycles. The van der Waals surface area contributed by atoms with Crippen LogP contribution in [-0.2, 0) is 19.0 Å². The van der Waals surface area contributed by atoms with Crippen LogP contribution in [0.15, 0.2) is 0 Å². The lowest BCUT2D eigenvalue weighted by molar-refractivity contribution is -0.310. The molecule has 0 aromatic rings. The topological polar surface area (TPSA) is 126 Å². The van der Waals surface area contributed by atoms with Crippen LogP contribution >= 0.6 is 0 Å². The van der Waals surface area contributed by atoms with Gasteiger partial charge in [0.05, 0.1) is 12.7 Å². The lowest BCUT2D eigenvalue weighted by Gasteiger charge is -2.40. The Labute approximate surface area is 148 Å². The van der Waals surface area contributed by atoms with Crippen molar-refractivity contribution in [1.29, 1.82) is 0 Å². The van der Waals surface area contributed by atoms with Crippen molar-refractivity contribution in [2.24, 2.45) is 0 Å². The molecule has 1 aliphatic heterocycles. The molecule has 148 valence electrons. The van der Waals surface area contributed by atoms with E-state index in [1.165, 1.54) is 0 Å². The number of unbranched alkanes of at least 4 members (excludes halogenated alkanes) is 1. The fourth-order valence-corrected chi connectivity index (χ4v) is 2.57. The average Bonchev–Trinajstić information content (AvgIpc) is 2.50. The monoisotopic (exact) mass is 364 g/mol. The maximum Gasteiger partial charge on any atom is 0.306 e. The normalized spacial score (nSPS) is 31.6. The third-order valence-corrected chi connectivity index (χ3v) is 3.88. The summed E-state index contributed by atoms with van der Waals surface area (Å²) >= 11 is 0. The Bertz CT molecular complexity index is 406. The predicted molar refractivity (Wildman–Crippen MR) is 88.6 cm³/mol. The van der Waals surface area contributed by atoms with E-state index in [0.717, 1.165) is 6.42 Å². The lowest BCUT2D eigenvalue weighted by Crippen LogP contribution is -2.59. The number of aliphatic hydroxyl groups is 4. The second-order valence-electron chi connectivity index (χ2n) is 7.48. The molecular weight excluding hydrogens is 332 g/mol. The van der Waals surface area contributed by atoms with E-state index in [2.05, 4.69) is 0 Å². The average molecular weight is 364 g/mol. The smallest absolute Gasteiger partial charge is 0.306 e. The Morgan fingerprint density at radius 3 is 2.32 bits per heavy atom. The Morgan fingerprint density at radius 1 is 1.12 bits per heavy atom. The second kappa shape index (κ2) is 9.80. The third kappa shape index (κ3) is 7.55. The highest BCUT2D eigenvalue weighted by molar-refractivity contribution is 5.69. The molecule has 3 unspecified atom stereocenters. The van der Waals surface area contributed by atoms with E-state index >= 15 is 0 Å². The van der Waals surface area contributed by atoms with Crippen molar-refractivity contribution in [3.63, 3.8) is 0 Å². The first kappa shape index (κ1) is 22.3. The summed E-state index contributed by atoms with van der Waals surface area (Å²) in [5.41, 5.74) is -0.489. The number of rotatable bonds is 8. The standard InChI is InChI=1S/C17H32O8/c1-10(7-5-6-8-12(19)25-17(2,3)4)23-16-15(22)14(21)13(20)11(9-18)24-16/h10-11,13-16,18,20-22H,5-9H2,1-4H3/t10?,11?,13-,14?,15-,16+/m0/s1. The predicted octanol–water partition coefficient (Wildman–Crippen LogP) is 0.0935. The highest BCUT2D eigenvalue weighted by Crippen LogP contribution is 2.24. The van der Waals surface area contributed by atoms with Crippen LogP contribution in [0.25, 0.3) is 0 Å². The highest BCUT2D eigenvalue weighted by Gasteiger charge is 2.44. The number of aliphatic hydroxyl groups excluding tert-OH is 4. The molecule has 1 fully saturated rings. The molecule has 0 amide bonds. The highest BCUT2D eigenvalue weighted by atomic mass is 16.7. The quantitative estimate of drug-likeness (QED) is 0.353. The second-order valence-corrected chi connectivity index (χ2v) is 7.48. The molecule has 8 nitrogen and oxygen atoms in total. The van der Waals surface area contributed by atoms with Gasteiger partial charge in [-0.25, -0.2) is 0 Å². The van der Waals surface area contributed by atoms with Gasteiger partial charge in [-0.1, -0.05) is 6.42 Å². The first-order valence-electron chi connectivity index (χ1n) is 8.73. The zero-order valence-corrected chi connectivity index (χ0v) is 15.4. The van der Waals surface area contributed by atoms with E-state index in [4.69, 9.17) is 19.3 Å². The summed E-state index contributed by atoms with van der Waals surface area (Å²) in [6.07, 6.45) is -4.34. The van der Waals surface area contributed by atoms with Crippen LogP contribution in [0.1, 0.15) is 53.4 Å². The maximum absolute atomic E-state index is 11.6. The van der Waals surface area contributed by atoms with Crippen LogP contribution in [0.4, 0.5) is 0 Å². The number of esters is 1. The first-order valence-corrected chi connectivity index (χ1v) is 8.73. The van der Waals surface area contributed by atoms with Gasteiger partial charge in [0.15, 0.2) is 6.29 Å². The first-order chi connectivity index (χ1) is 11.5. The van der Waals surface area contributed by atoms with Crippen molar-refractivity contribution in [2.75, 3.05) is 6.61 Å². The van der Waals surface area contributed by atoms with Crippen molar-refractivity contribution < 1.29 is 39.4 Å². The van der Waals surface area contributed by atoms with Crippen molar-refractivity contribution in [3.05, 3.63) is 0 Å². The van der Waals surface area contributed by atoms with Gasteiger partial charge in [-0.2, -0.15) is 0 Å². The van der Waals surface area contributed by atoms with Crippen LogP contribution in [-0.4, -0.2) is 75.4 Å². The summed E-state index contributed by atoms with van der Waals surface area (Å²) < 4.78 is 16.1. The Hall–Kier alpha value is -0.770. The number of ether oxygens (including phenoxy) is 3. The van der Waals surface area contributed by atoms with Gasteiger partial charge in [-0.3, -0.25) is 4.79 Å². The zero-order valence-electron chi connectivity index (χ0n) is 15.4. The van der Waals surface area contributed by atoms with Crippen molar-refractivity contribution in [3.8, 4) is 0 Å². The van der Waals surface area contributed by atoms with Crippen LogP contribution in [0, 0.1) is 0 Å². The molecule has 6 atom stereocenters. The minimum absolute atomic E-state index is 0.241. The van der Waals surface area contributed by atoms with Crippen LogP contribution in [0.3, 0.4) is 0 Å². The molecule has 0 aliphatic carbocycles. The Kier molecular flexibility index (Phi) is 8.73. The van der Waals surface area contributed by atoms with E-state index < -0.39 is 42.9 Å². The summed E-state index contributed by atoms with van der Waals surface area (Å²) in [5.74, 6) is -0.241. The third-order valence-electron chi connectivity index (χ3n) is 3.88. The molecule has 8 heteroatoms. The summed E-state index contributed by atoms with van der Waals surface area (Å²) in [5, 5.41) is 38.5. The molecule has 0 spiro atoms. The molecule has 0 saturated carbocycles. The van der Waals surface area contributed by atoms with Gasteiger partial charge in [-0.05, 0) is 40.5 Å². The number of carbonyl (C=O) groups is 1. The molecule has 1 rings (SSSR count). The molecule has 25 heavy (non-hydrogen) atoms. The van der Waals surface area contributed by atoms with Gasteiger partial charge in [0.2, 0.25) is 0 Å². The molecule has 1 heterocycles. The van der Waals surface area contributed by atoms with Gasteiger partial charge in [0.1, 0.15) is 30.0 Å². The Balaban J connectivity index is 2.32. The van der Waals surface area contributed by atoms with Gasteiger partial charge in [0.25, 0.3) is 0 Å². The lowest BCUT2D eigenvalue weighted by atomic mass is 9.99. The van der Waals surface area contributed by atoms with E-state index in [1.807, 2.05) is 20.8 Å². The SMILES string of the molecule is CC(CCCCC(=O)OC(C)(C)C)O[C@@H]1OC(CO)[C@H](O)C(O)[C@@H]1O. The molecule has 0 aromatic heterocycles. The molecule has 0 radical (unpaired) electrons. The molecule has 0 bridgehead atoms. The zero-order chi connectivity index (χ0) is 19.2. The summed E-state index contributed by atoms with van der Waals surface area (Å²) in [4.78, 5) is 11.6. The molecule has 1 aliphatic rings. The summed E-state index contributed by atoms with van der Waals surface area (Å²) in [6.45, 7) is 6.76. The van der Waals surface area contributed by atoms with E-state index in [9.17, 15) is 20.1 Å². The largest absolute Gasteiger partial charge is 0.460 e. The fraction of sp³-hybridized carbons (Fsp3) is 0.941. The number of hydrogen-bond donors (Lipinski definition) is 4. The van der Waals surface area contributed by atoms with Gasteiger partial charge < -0.3 is 34.6 Å². The van der Waals surface area contributed by atoms with E-state index in [1.54, 1.807) is 6.92 Å². The van der Waals surface area contributed by atoms with Crippen molar-refractivity contribution >= 4 is 5.97 Å². The summed E-state index contributed by atoms with van der Waals surface area (Å²) in [7, 11) is 0. The van der Waals surface area contributed by atoms with Gasteiger partial charge in [0, 0.05) is 6.42 Å². The van der Waals surface area contributed by atoms with Crippen molar-refractivity contribution in [1.82, 2.24) is 0 Å². The van der Waals surface area contributed by atoms with E-state index in [-0.39, 0.29) is 12.1 Å². The molecule has 4 N–H and O–H groups in total.